The summed E-state index contributed by atoms with van der Waals surface area (Å²) in [6.45, 7) is 6.17. The molecule has 1 heterocycles. The number of piperazine rings is 1. The van der Waals surface area contributed by atoms with E-state index < -0.39 is 5.91 Å². The first-order valence-electron chi connectivity index (χ1n) is 11.0. The number of carbonyl (C=O) groups excluding carboxylic acids is 2. The summed E-state index contributed by atoms with van der Waals surface area (Å²) in [7, 11) is 2.09. The van der Waals surface area contributed by atoms with E-state index in [4.69, 9.17) is 10.5 Å². The van der Waals surface area contributed by atoms with Crippen molar-refractivity contribution in [3.63, 3.8) is 0 Å². The van der Waals surface area contributed by atoms with E-state index in [0.717, 1.165) is 67.9 Å². The van der Waals surface area contributed by atoms with Crippen molar-refractivity contribution in [2.75, 3.05) is 39.8 Å². The van der Waals surface area contributed by atoms with Crippen LogP contribution in [0.4, 0.5) is 0 Å². The van der Waals surface area contributed by atoms with Crippen molar-refractivity contribution in [1.82, 2.24) is 9.80 Å². The Kier molecular flexibility index (Phi) is 8.06. The number of unbranched alkanes of at least 4 members (excludes halogenated alkanes) is 2. The van der Waals surface area contributed by atoms with E-state index in [0.29, 0.717) is 18.6 Å². The Labute approximate surface area is 185 Å². The first-order chi connectivity index (χ1) is 15.0. The molecule has 0 radical (unpaired) electrons. The number of amides is 2. The topological polar surface area (TPSA) is 75.9 Å². The molecule has 0 atom stereocenters. The van der Waals surface area contributed by atoms with Crippen molar-refractivity contribution >= 4 is 11.8 Å². The third kappa shape index (κ3) is 6.31. The lowest BCUT2D eigenvalue weighted by atomic mass is 9.94. The highest BCUT2D eigenvalue weighted by Crippen LogP contribution is 2.30. The quantitative estimate of drug-likeness (QED) is 0.627. The van der Waals surface area contributed by atoms with Crippen molar-refractivity contribution in [2.24, 2.45) is 5.73 Å². The SMILES string of the molecule is Cc1cccc(C(N)=O)c1-c1cccc(OCCCCCC(=O)N2CCN(C)CC2)c1. The van der Waals surface area contributed by atoms with Gasteiger partial charge in [0, 0.05) is 38.2 Å². The number of hydrogen-bond acceptors (Lipinski definition) is 4. The monoisotopic (exact) mass is 423 g/mol. The minimum absolute atomic E-state index is 0.269. The van der Waals surface area contributed by atoms with Gasteiger partial charge in [0.25, 0.3) is 0 Å². The minimum Gasteiger partial charge on any atom is -0.494 e. The molecule has 0 saturated carbocycles. The highest BCUT2D eigenvalue weighted by molar-refractivity contribution is 6.00. The zero-order valence-corrected chi connectivity index (χ0v) is 18.6. The molecular weight excluding hydrogens is 390 g/mol. The smallest absolute Gasteiger partial charge is 0.249 e. The Morgan fingerprint density at radius 3 is 2.48 bits per heavy atom. The molecule has 2 aromatic rings. The van der Waals surface area contributed by atoms with Gasteiger partial charge < -0.3 is 20.3 Å². The molecule has 0 spiro atoms. The maximum Gasteiger partial charge on any atom is 0.249 e. The normalized spacial score (nSPS) is 14.5. The second-order valence-corrected chi connectivity index (χ2v) is 8.23. The first-order valence-corrected chi connectivity index (χ1v) is 11.0. The van der Waals surface area contributed by atoms with Crippen molar-refractivity contribution in [3.05, 3.63) is 53.6 Å². The van der Waals surface area contributed by atoms with Crippen LogP contribution in [-0.4, -0.2) is 61.4 Å². The Bertz CT molecular complexity index is 905. The van der Waals surface area contributed by atoms with Gasteiger partial charge in [0.05, 0.1) is 6.61 Å². The largest absolute Gasteiger partial charge is 0.494 e. The molecule has 3 rings (SSSR count). The average molecular weight is 424 g/mol. The summed E-state index contributed by atoms with van der Waals surface area (Å²) in [4.78, 5) is 28.3. The molecule has 0 bridgehead atoms. The zero-order chi connectivity index (χ0) is 22.2. The van der Waals surface area contributed by atoms with Crippen molar-refractivity contribution in [1.29, 1.82) is 0 Å². The molecule has 1 aliphatic rings. The number of aryl methyl sites for hydroxylation is 1. The van der Waals surface area contributed by atoms with Gasteiger partial charge >= 0.3 is 0 Å². The lowest BCUT2D eigenvalue weighted by Crippen LogP contribution is -2.47. The molecule has 0 aromatic heterocycles. The summed E-state index contributed by atoms with van der Waals surface area (Å²) < 4.78 is 5.93. The molecular formula is C25H33N3O3. The van der Waals surface area contributed by atoms with Crippen molar-refractivity contribution in [3.8, 4) is 16.9 Å². The van der Waals surface area contributed by atoms with Gasteiger partial charge in [0.15, 0.2) is 0 Å². The first kappa shape index (κ1) is 22.8. The molecule has 166 valence electrons. The van der Waals surface area contributed by atoms with E-state index in [1.807, 2.05) is 48.2 Å². The lowest BCUT2D eigenvalue weighted by Gasteiger charge is -2.32. The van der Waals surface area contributed by atoms with Gasteiger partial charge in [0.1, 0.15) is 5.75 Å². The molecule has 0 aliphatic carbocycles. The number of hydrogen-bond donors (Lipinski definition) is 1. The Morgan fingerprint density at radius 2 is 1.74 bits per heavy atom. The second-order valence-electron chi connectivity index (χ2n) is 8.23. The van der Waals surface area contributed by atoms with Gasteiger partial charge in [-0.05, 0) is 68.1 Å². The van der Waals surface area contributed by atoms with E-state index in [9.17, 15) is 9.59 Å². The average Bonchev–Trinajstić information content (AvgIpc) is 2.76. The van der Waals surface area contributed by atoms with E-state index in [2.05, 4.69) is 11.9 Å². The van der Waals surface area contributed by atoms with Crippen LogP contribution in [0.25, 0.3) is 11.1 Å². The third-order valence-corrected chi connectivity index (χ3v) is 5.82. The van der Waals surface area contributed by atoms with Gasteiger partial charge in [0.2, 0.25) is 11.8 Å². The molecule has 6 heteroatoms. The Hall–Kier alpha value is -2.86. The van der Waals surface area contributed by atoms with Gasteiger partial charge in [-0.3, -0.25) is 9.59 Å². The minimum atomic E-state index is -0.434. The number of primary amides is 1. The molecule has 1 fully saturated rings. The van der Waals surface area contributed by atoms with Crippen LogP contribution in [-0.2, 0) is 4.79 Å². The van der Waals surface area contributed by atoms with E-state index in [1.54, 1.807) is 6.07 Å². The van der Waals surface area contributed by atoms with Gasteiger partial charge in [-0.25, -0.2) is 0 Å². The predicted molar refractivity (Wildman–Crippen MR) is 123 cm³/mol. The van der Waals surface area contributed by atoms with Crippen LogP contribution in [0.2, 0.25) is 0 Å². The van der Waals surface area contributed by atoms with E-state index >= 15 is 0 Å². The molecule has 31 heavy (non-hydrogen) atoms. The van der Waals surface area contributed by atoms with Crippen LogP contribution in [0, 0.1) is 6.92 Å². The van der Waals surface area contributed by atoms with Crippen LogP contribution in [0.15, 0.2) is 42.5 Å². The fraction of sp³-hybridized carbons (Fsp3) is 0.440. The molecule has 0 unspecified atom stereocenters. The van der Waals surface area contributed by atoms with Crippen molar-refractivity contribution < 1.29 is 14.3 Å². The predicted octanol–water partition coefficient (Wildman–Crippen LogP) is 3.47. The molecule has 1 saturated heterocycles. The summed E-state index contributed by atoms with van der Waals surface area (Å²) in [5, 5.41) is 0. The second kappa shape index (κ2) is 11.0. The Balaban J connectivity index is 1.45. The Morgan fingerprint density at radius 1 is 1.00 bits per heavy atom. The molecule has 2 amide bonds. The third-order valence-electron chi connectivity index (χ3n) is 5.82. The fourth-order valence-corrected chi connectivity index (χ4v) is 3.96. The molecule has 1 aliphatic heterocycles. The molecule has 2 N–H and O–H groups in total. The molecule has 6 nitrogen and oxygen atoms in total. The maximum atomic E-state index is 12.3. The van der Waals surface area contributed by atoms with Crippen LogP contribution in [0.1, 0.15) is 41.6 Å². The van der Waals surface area contributed by atoms with E-state index in [-0.39, 0.29) is 5.91 Å². The fourth-order valence-electron chi connectivity index (χ4n) is 3.96. The lowest BCUT2D eigenvalue weighted by molar-refractivity contribution is -0.132. The van der Waals surface area contributed by atoms with Crippen LogP contribution in [0.5, 0.6) is 5.75 Å². The number of likely N-dealkylation sites (N-methyl/N-ethyl adjacent to an activating group) is 1. The van der Waals surface area contributed by atoms with Gasteiger partial charge in [-0.2, -0.15) is 0 Å². The maximum absolute atomic E-state index is 12.3. The number of benzene rings is 2. The van der Waals surface area contributed by atoms with Crippen LogP contribution < -0.4 is 10.5 Å². The summed E-state index contributed by atoms with van der Waals surface area (Å²) in [6, 6.07) is 13.3. The van der Waals surface area contributed by atoms with Crippen LogP contribution >= 0.6 is 0 Å². The van der Waals surface area contributed by atoms with Crippen molar-refractivity contribution in [2.45, 2.75) is 32.6 Å². The highest BCUT2D eigenvalue weighted by Gasteiger charge is 2.18. The number of nitrogens with two attached hydrogens (primary N) is 1. The van der Waals surface area contributed by atoms with Gasteiger partial charge in [-0.15, -0.1) is 0 Å². The number of ether oxygens (including phenoxy) is 1. The van der Waals surface area contributed by atoms with Crippen LogP contribution in [0.3, 0.4) is 0 Å². The highest BCUT2D eigenvalue weighted by atomic mass is 16.5. The summed E-state index contributed by atoms with van der Waals surface area (Å²) in [6.07, 6.45) is 3.36. The summed E-state index contributed by atoms with van der Waals surface area (Å²) >= 11 is 0. The zero-order valence-electron chi connectivity index (χ0n) is 18.6. The number of rotatable bonds is 9. The number of nitrogens with zero attached hydrogens (tertiary/aromatic N) is 2. The molecule has 2 aromatic carbocycles. The summed E-state index contributed by atoms with van der Waals surface area (Å²) in [5.74, 6) is 0.603. The number of carbonyl (C=O) groups is 2. The standard InChI is InChI=1S/C25H33N3O3/c1-19-8-6-11-22(25(26)30)24(19)20-9-7-10-21(18-20)31-17-5-3-4-12-23(29)28-15-13-27(2)14-16-28/h6-11,18H,3-5,12-17H2,1-2H3,(H2,26,30). The van der Waals surface area contributed by atoms with E-state index in [1.165, 1.54) is 0 Å². The van der Waals surface area contributed by atoms with Gasteiger partial charge in [-0.1, -0.05) is 24.3 Å². The summed E-state index contributed by atoms with van der Waals surface area (Å²) in [5.41, 5.74) is 8.84.